The molecule has 6 heteroatoms. The van der Waals surface area contributed by atoms with Crippen molar-refractivity contribution in [3.05, 3.63) is 29.2 Å². The van der Waals surface area contributed by atoms with E-state index in [1.165, 1.54) is 25.0 Å². The standard InChI is InChI=1S/C13H15N3O2S/c1-15(18-2)13(17)12-10(6-5-9-3-4-9)19-11-7-14-8-16(11)12/h5-9H,3-4H2,1-2H3. The molecule has 0 unspecified atom stereocenters. The van der Waals surface area contributed by atoms with Crippen LogP contribution >= 0.6 is 11.3 Å². The second-order valence-electron chi connectivity index (χ2n) is 4.60. The number of rotatable bonds is 4. The first-order valence-corrected chi connectivity index (χ1v) is 6.97. The average Bonchev–Trinajstić information content (AvgIpc) is 3.03. The van der Waals surface area contributed by atoms with Gasteiger partial charge in [0.15, 0.2) is 0 Å². The minimum atomic E-state index is -0.165. The molecule has 2 aromatic heterocycles. The van der Waals surface area contributed by atoms with E-state index in [2.05, 4.69) is 11.1 Å². The van der Waals surface area contributed by atoms with Gasteiger partial charge in [0, 0.05) is 7.05 Å². The summed E-state index contributed by atoms with van der Waals surface area (Å²) in [6.07, 6.45) is 10.2. The molecule has 1 aliphatic rings. The Bertz CT molecular complexity index is 639. The molecule has 2 aromatic rings. The van der Waals surface area contributed by atoms with Crippen LogP contribution in [0.5, 0.6) is 0 Å². The van der Waals surface area contributed by atoms with Gasteiger partial charge in [-0.15, -0.1) is 11.3 Å². The number of thiazole rings is 1. The summed E-state index contributed by atoms with van der Waals surface area (Å²) in [4.78, 5) is 23.3. The van der Waals surface area contributed by atoms with E-state index in [1.807, 2.05) is 10.5 Å². The minimum absolute atomic E-state index is 0.165. The molecular weight excluding hydrogens is 262 g/mol. The van der Waals surface area contributed by atoms with Gasteiger partial charge in [-0.3, -0.25) is 14.0 Å². The number of allylic oxidation sites excluding steroid dienone is 1. The molecule has 0 radical (unpaired) electrons. The maximum absolute atomic E-state index is 12.4. The highest BCUT2D eigenvalue weighted by Crippen LogP contribution is 2.33. The van der Waals surface area contributed by atoms with Crippen LogP contribution in [0.2, 0.25) is 0 Å². The molecule has 0 saturated heterocycles. The van der Waals surface area contributed by atoms with E-state index >= 15 is 0 Å². The van der Waals surface area contributed by atoms with Crippen molar-refractivity contribution in [3.8, 4) is 0 Å². The molecule has 3 rings (SSSR count). The van der Waals surface area contributed by atoms with E-state index in [0.29, 0.717) is 11.6 Å². The van der Waals surface area contributed by atoms with Crippen LogP contribution in [0.3, 0.4) is 0 Å². The van der Waals surface area contributed by atoms with Crippen molar-refractivity contribution in [2.45, 2.75) is 12.8 Å². The fraction of sp³-hybridized carbons (Fsp3) is 0.385. The quantitative estimate of drug-likeness (QED) is 0.806. The van der Waals surface area contributed by atoms with Gasteiger partial charge >= 0.3 is 0 Å². The summed E-state index contributed by atoms with van der Waals surface area (Å²) < 4.78 is 1.81. The highest BCUT2D eigenvalue weighted by Gasteiger charge is 2.23. The molecule has 1 saturated carbocycles. The summed E-state index contributed by atoms with van der Waals surface area (Å²) in [6, 6.07) is 0. The number of nitrogens with zero attached hydrogens (tertiary/aromatic N) is 3. The molecule has 100 valence electrons. The van der Waals surface area contributed by atoms with Crippen molar-refractivity contribution in [1.82, 2.24) is 14.4 Å². The first kappa shape index (κ1) is 12.4. The largest absolute Gasteiger partial charge is 0.295 e. The van der Waals surface area contributed by atoms with Crippen LogP contribution in [0.1, 0.15) is 28.2 Å². The molecule has 0 N–H and O–H groups in total. The maximum Gasteiger partial charge on any atom is 0.295 e. The van der Waals surface area contributed by atoms with Gasteiger partial charge in [0.05, 0.1) is 18.2 Å². The SMILES string of the molecule is CON(C)C(=O)c1c(C=CC2CC2)sc2cncn12. The zero-order valence-corrected chi connectivity index (χ0v) is 11.7. The second kappa shape index (κ2) is 4.79. The third-order valence-electron chi connectivity index (χ3n) is 3.20. The van der Waals surface area contributed by atoms with Crippen LogP contribution in [0, 0.1) is 5.92 Å². The monoisotopic (exact) mass is 277 g/mol. The van der Waals surface area contributed by atoms with Crippen LogP contribution in [0.4, 0.5) is 0 Å². The van der Waals surface area contributed by atoms with E-state index in [0.717, 1.165) is 9.71 Å². The third kappa shape index (κ3) is 2.29. The first-order valence-electron chi connectivity index (χ1n) is 6.16. The number of amides is 1. The molecule has 5 nitrogen and oxygen atoms in total. The molecular formula is C13H15N3O2S. The topological polar surface area (TPSA) is 46.8 Å². The molecule has 1 aliphatic carbocycles. The zero-order chi connectivity index (χ0) is 13.4. The molecule has 19 heavy (non-hydrogen) atoms. The number of hydrogen-bond acceptors (Lipinski definition) is 4. The van der Waals surface area contributed by atoms with E-state index < -0.39 is 0 Å². The molecule has 0 bridgehead atoms. The van der Waals surface area contributed by atoms with Crippen molar-refractivity contribution in [2.75, 3.05) is 14.2 Å². The molecule has 1 fully saturated rings. The molecule has 0 aromatic carbocycles. The lowest BCUT2D eigenvalue weighted by Gasteiger charge is -2.13. The Morgan fingerprint density at radius 1 is 1.63 bits per heavy atom. The molecule has 0 atom stereocenters. The van der Waals surface area contributed by atoms with Crippen molar-refractivity contribution < 1.29 is 9.63 Å². The Hall–Kier alpha value is -1.66. The number of imidazole rings is 1. The molecule has 0 aliphatic heterocycles. The van der Waals surface area contributed by atoms with Gasteiger partial charge in [0.2, 0.25) is 0 Å². The van der Waals surface area contributed by atoms with Gasteiger partial charge in [-0.05, 0) is 24.8 Å². The first-order chi connectivity index (χ1) is 9.20. The highest BCUT2D eigenvalue weighted by molar-refractivity contribution is 7.18. The number of carbonyl (C=O) groups is 1. The number of hydroxylamine groups is 2. The van der Waals surface area contributed by atoms with Gasteiger partial charge < -0.3 is 0 Å². The number of aromatic nitrogens is 2. The zero-order valence-electron chi connectivity index (χ0n) is 10.9. The smallest absolute Gasteiger partial charge is 0.284 e. The molecule has 1 amide bonds. The normalized spacial score (nSPS) is 15.5. The Morgan fingerprint density at radius 3 is 3.11 bits per heavy atom. The Balaban J connectivity index is 2.04. The van der Waals surface area contributed by atoms with Crippen LogP contribution in [0.25, 0.3) is 10.9 Å². The van der Waals surface area contributed by atoms with Gasteiger partial charge in [0.25, 0.3) is 5.91 Å². The van der Waals surface area contributed by atoms with Crippen LogP contribution in [-0.2, 0) is 4.84 Å². The maximum atomic E-state index is 12.4. The van der Waals surface area contributed by atoms with Crippen LogP contribution < -0.4 is 0 Å². The summed E-state index contributed by atoms with van der Waals surface area (Å²) in [5.41, 5.74) is 0.610. The van der Waals surface area contributed by atoms with Crippen molar-refractivity contribution in [3.63, 3.8) is 0 Å². The lowest BCUT2D eigenvalue weighted by Crippen LogP contribution is -2.27. The minimum Gasteiger partial charge on any atom is -0.284 e. The fourth-order valence-electron chi connectivity index (χ4n) is 1.87. The summed E-state index contributed by atoms with van der Waals surface area (Å²) in [6.45, 7) is 0. The van der Waals surface area contributed by atoms with E-state index in [1.54, 1.807) is 30.9 Å². The lowest BCUT2D eigenvalue weighted by molar-refractivity contribution is -0.0761. The summed E-state index contributed by atoms with van der Waals surface area (Å²) in [5.74, 6) is 0.518. The van der Waals surface area contributed by atoms with Crippen molar-refractivity contribution in [2.24, 2.45) is 5.92 Å². The Labute approximate surface area is 115 Å². The van der Waals surface area contributed by atoms with E-state index in [9.17, 15) is 4.79 Å². The van der Waals surface area contributed by atoms with Gasteiger partial charge in [-0.2, -0.15) is 0 Å². The van der Waals surface area contributed by atoms with Crippen molar-refractivity contribution >= 4 is 28.2 Å². The molecule has 2 heterocycles. The molecule has 0 spiro atoms. The van der Waals surface area contributed by atoms with Crippen molar-refractivity contribution in [1.29, 1.82) is 0 Å². The lowest BCUT2D eigenvalue weighted by atomic mass is 10.3. The van der Waals surface area contributed by atoms with Crippen LogP contribution in [0.15, 0.2) is 18.6 Å². The van der Waals surface area contributed by atoms with Gasteiger partial charge in [0.1, 0.15) is 16.9 Å². The van der Waals surface area contributed by atoms with Gasteiger partial charge in [-0.25, -0.2) is 10.0 Å². The highest BCUT2D eigenvalue weighted by atomic mass is 32.1. The Morgan fingerprint density at radius 2 is 2.42 bits per heavy atom. The fourth-order valence-corrected chi connectivity index (χ4v) is 2.88. The van der Waals surface area contributed by atoms with Gasteiger partial charge in [-0.1, -0.05) is 6.08 Å². The second-order valence-corrected chi connectivity index (χ2v) is 5.66. The van der Waals surface area contributed by atoms with Crippen LogP contribution in [-0.4, -0.2) is 34.5 Å². The average molecular weight is 277 g/mol. The number of fused-ring (bicyclic) bond motifs is 1. The summed E-state index contributed by atoms with van der Waals surface area (Å²) >= 11 is 1.57. The predicted octanol–water partition coefficient (Wildman–Crippen LogP) is 2.45. The van der Waals surface area contributed by atoms with E-state index in [4.69, 9.17) is 4.84 Å². The van der Waals surface area contributed by atoms with E-state index in [-0.39, 0.29) is 5.91 Å². The number of hydrogen-bond donors (Lipinski definition) is 0. The number of carbonyl (C=O) groups excluding carboxylic acids is 1. The summed E-state index contributed by atoms with van der Waals surface area (Å²) in [5, 5.41) is 1.23. The predicted molar refractivity (Wildman–Crippen MR) is 73.9 cm³/mol. The third-order valence-corrected chi connectivity index (χ3v) is 4.26. The summed E-state index contributed by atoms with van der Waals surface area (Å²) in [7, 11) is 3.09. The Kier molecular flexibility index (Phi) is 3.12.